The maximum atomic E-state index is 8.66. The van der Waals surface area contributed by atoms with E-state index in [4.69, 9.17) is 19.3 Å². The van der Waals surface area contributed by atoms with Crippen molar-refractivity contribution in [2.75, 3.05) is 21.3 Å². The Morgan fingerprint density at radius 1 is 0.870 bits per heavy atom. The number of benzene rings is 2. The zero-order chi connectivity index (χ0) is 17.1. The smallest absolute Gasteiger partial charge is 0.160 e. The summed E-state index contributed by atoms with van der Waals surface area (Å²) in [5.74, 6) is 2.34. The van der Waals surface area contributed by atoms with E-state index in [1.807, 2.05) is 48.5 Å². The fraction of sp³-hybridized carbons (Fsp3) is 0.263. The second kappa shape index (κ2) is 10.3. The summed E-state index contributed by atoms with van der Waals surface area (Å²) in [7, 11) is 4.88. The monoisotopic (exact) mass is 316 g/mol. The highest BCUT2D eigenvalue weighted by molar-refractivity contribution is 5.43. The lowest BCUT2D eigenvalue weighted by atomic mass is 10.1. The Labute approximate surface area is 137 Å². The van der Waals surface area contributed by atoms with Crippen LogP contribution in [0.4, 0.5) is 0 Å². The van der Waals surface area contributed by atoms with Gasteiger partial charge in [0.15, 0.2) is 11.5 Å². The fourth-order valence-corrected chi connectivity index (χ4v) is 1.91. The number of hydrogen-bond donors (Lipinski definition) is 1. The van der Waals surface area contributed by atoms with Crippen molar-refractivity contribution in [3.05, 3.63) is 66.2 Å². The van der Waals surface area contributed by atoms with Gasteiger partial charge in [-0.2, -0.15) is 0 Å². The molecular formula is C19H24O4. The predicted molar refractivity (Wildman–Crippen MR) is 92.4 cm³/mol. The zero-order valence-electron chi connectivity index (χ0n) is 13.9. The lowest BCUT2D eigenvalue weighted by Gasteiger charge is -2.08. The van der Waals surface area contributed by atoms with Crippen LogP contribution in [-0.2, 0) is 13.0 Å². The largest absolute Gasteiger partial charge is 0.497 e. The molecular weight excluding hydrogens is 292 g/mol. The van der Waals surface area contributed by atoms with Gasteiger partial charge in [-0.15, -0.1) is 6.58 Å². The SMILES string of the molecule is C=CCc1ccc(OC)c(OC)c1.COc1ccc(CO)cc1. The molecule has 1 N–H and O–H groups in total. The Balaban J connectivity index is 0.000000238. The molecule has 0 heterocycles. The van der Waals surface area contributed by atoms with Crippen LogP contribution in [0.25, 0.3) is 0 Å². The topological polar surface area (TPSA) is 47.9 Å². The molecule has 0 atom stereocenters. The van der Waals surface area contributed by atoms with Gasteiger partial charge in [0.2, 0.25) is 0 Å². The minimum Gasteiger partial charge on any atom is -0.497 e. The van der Waals surface area contributed by atoms with Crippen molar-refractivity contribution in [2.24, 2.45) is 0 Å². The van der Waals surface area contributed by atoms with Crippen molar-refractivity contribution in [2.45, 2.75) is 13.0 Å². The van der Waals surface area contributed by atoms with Crippen LogP contribution in [0.2, 0.25) is 0 Å². The van der Waals surface area contributed by atoms with E-state index in [1.165, 1.54) is 5.56 Å². The Bertz CT molecular complexity index is 568. The number of hydrogen-bond acceptors (Lipinski definition) is 4. The first-order valence-electron chi connectivity index (χ1n) is 7.24. The normalized spacial score (nSPS) is 9.39. The lowest BCUT2D eigenvalue weighted by molar-refractivity contribution is 0.281. The van der Waals surface area contributed by atoms with E-state index in [1.54, 1.807) is 21.3 Å². The van der Waals surface area contributed by atoms with Crippen molar-refractivity contribution in [1.29, 1.82) is 0 Å². The van der Waals surface area contributed by atoms with Crippen molar-refractivity contribution in [3.63, 3.8) is 0 Å². The van der Waals surface area contributed by atoms with Gasteiger partial charge >= 0.3 is 0 Å². The summed E-state index contributed by atoms with van der Waals surface area (Å²) >= 11 is 0. The first-order valence-corrected chi connectivity index (χ1v) is 7.24. The summed E-state index contributed by atoms with van der Waals surface area (Å²) in [6.45, 7) is 3.77. The molecule has 0 saturated heterocycles. The first-order chi connectivity index (χ1) is 11.2. The molecule has 0 unspecified atom stereocenters. The number of aliphatic hydroxyl groups is 1. The van der Waals surface area contributed by atoms with E-state index >= 15 is 0 Å². The molecule has 2 aromatic carbocycles. The third-order valence-electron chi connectivity index (χ3n) is 3.17. The average Bonchev–Trinajstić information content (AvgIpc) is 2.62. The van der Waals surface area contributed by atoms with E-state index in [-0.39, 0.29) is 6.61 Å². The predicted octanol–water partition coefficient (Wildman–Crippen LogP) is 3.62. The van der Waals surface area contributed by atoms with Gasteiger partial charge in [0.05, 0.1) is 27.9 Å². The Morgan fingerprint density at radius 3 is 1.96 bits per heavy atom. The van der Waals surface area contributed by atoms with E-state index in [2.05, 4.69) is 6.58 Å². The molecule has 0 bridgehead atoms. The number of methoxy groups -OCH3 is 3. The number of aliphatic hydroxyl groups excluding tert-OH is 1. The standard InChI is InChI=1S/C11H14O2.C8H10O2/c1-4-5-9-6-7-10(12-2)11(8-9)13-3;1-10-8-4-2-7(6-9)3-5-8/h4,6-8H,1,5H2,2-3H3;2-5,9H,6H2,1H3. The average molecular weight is 316 g/mol. The quantitative estimate of drug-likeness (QED) is 0.827. The Kier molecular flexibility index (Phi) is 8.32. The van der Waals surface area contributed by atoms with Gasteiger partial charge in [0, 0.05) is 0 Å². The molecule has 0 aromatic heterocycles. The lowest BCUT2D eigenvalue weighted by Crippen LogP contribution is -1.91. The molecule has 23 heavy (non-hydrogen) atoms. The maximum Gasteiger partial charge on any atom is 0.160 e. The van der Waals surface area contributed by atoms with Crippen molar-refractivity contribution in [1.82, 2.24) is 0 Å². The summed E-state index contributed by atoms with van der Waals surface area (Å²) in [5.41, 5.74) is 2.08. The molecule has 0 fully saturated rings. The van der Waals surface area contributed by atoms with Crippen molar-refractivity contribution < 1.29 is 19.3 Å². The van der Waals surface area contributed by atoms with Crippen molar-refractivity contribution >= 4 is 0 Å². The highest BCUT2D eigenvalue weighted by Crippen LogP contribution is 2.27. The number of allylic oxidation sites excluding steroid dienone is 1. The minimum absolute atomic E-state index is 0.0873. The fourth-order valence-electron chi connectivity index (χ4n) is 1.91. The van der Waals surface area contributed by atoms with Crippen LogP contribution in [0, 0.1) is 0 Å². The third-order valence-corrected chi connectivity index (χ3v) is 3.17. The van der Waals surface area contributed by atoms with Crippen LogP contribution >= 0.6 is 0 Å². The highest BCUT2D eigenvalue weighted by atomic mass is 16.5. The second-order valence-corrected chi connectivity index (χ2v) is 4.69. The van der Waals surface area contributed by atoms with Crippen LogP contribution in [0.5, 0.6) is 17.2 Å². The molecule has 0 aliphatic heterocycles. The molecule has 124 valence electrons. The maximum absolute atomic E-state index is 8.66. The van der Waals surface area contributed by atoms with Crippen LogP contribution < -0.4 is 14.2 Å². The molecule has 2 aromatic rings. The number of ether oxygens (including phenoxy) is 3. The first kappa shape index (κ1) is 18.6. The molecule has 0 saturated carbocycles. The molecule has 0 spiro atoms. The van der Waals surface area contributed by atoms with Gasteiger partial charge in [-0.05, 0) is 41.8 Å². The summed E-state index contributed by atoms with van der Waals surface area (Å²) < 4.78 is 15.2. The van der Waals surface area contributed by atoms with Gasteiger partial charge in [-0.3, -0.25) is 0 Å². The second-order valence-electron chi connectivity index (χ2n) is 4.69. The summed E-state index contributed by atoms with van der Waals surface area (Å²) in [4.78, 5) is 0. The minimum atomic E-state index is 0.0873. The van der Waals surface area contributed by atoms with E-state index in [0.29, 0.717) is 0 Å². The molecule has 0 amide bonds. The highest BCUT2D eigenvalue weighted by Gasteiger charge is 2.02. The Hall–Kier alpha value is -2.46. The van der Waals surface area contributed by atoms with Crippen molar-refractivity contribution in [3.8, 4) is 17.2 Å². The van der Waals surface area contributed by atoms with Crippen LogP contribution in [0.3, 0.4) is 0 Å². The van der Waals surface area contributed by atoms with E-state index < -0.39 is 0 Å². The molecule has 4 heteroatoms. The summed E-state index contributed by atoms with van der Waals surface area (Å²) in [5, 5.41) is 8.66. The van der Waals surface area contributed by atoms with E-state index in [0.717, 1.165) is 29.2 Å². The van der Waals surface area contributed by atoms with Crippen LogP contribution in [-0.4, -0.2) is 26.4 Å². The molecule has 2 rings (SSSR count). The van der Waals surface area contributed by atoms with Gasteiger partial charge in [-0.25, -0.2) is 0 Å². The molecule has 0 aliphatic rings. The summed E-state index contributed by atoms with van der Waals surface area (Å²) in [6, 6.07) is 13.2. The van der Waals surface area contributed by atoms with Gasteiger partial charge < -0.3 is 19.3 Å². The summed E-state index contributed by atoms with van der Waals surface area (Å²) in [6.07, 6.45) is 2.71. The van der Waals surface area contributed by atoms with Crippen LogP contribution in [0.1, 0.15) is 11.1 Å². The molecule has 0 aliphatic carbocycles. The number of rotatable bonds is 6. The van der Waals surface area contributed by atoms with Crippen LogP contribution in [0.15, 0.2) is 55.1 Å². The third kappa shape index (κ3) is 6.04. The molecule has 4 nitrogen and oxygen atoms in total. The van der Waals surface area contributed by atoms with Gasteiger partial charge in [0.25, 0.3) is 0 Å². The van der Waals surface area contributed by atoms with Gasteiger partial charge in [0.1, 0.15) is 5.75 Å². The molecule has 0 radical (unpaired) electrons. The van der Waals surface area contributed by atoms with E-state index in [9.17, 15) is 0 Å². The Morgan fingerprint density at radius 2 is 1.48 bits per heavy atom. The van der Waals surface area contributed by atoms with Gasteiger partial charge in [-0.1, -0.05) is 24.3 Å². The zero-order valence-corrected chi connectivity index (χ0v) is 13.9.